The Morgan fingerprint density at radius 3 is 2.84 bits per heavy atom. The van der Waals surface area contributed by atoms with Gasteiger partial charge in [0.05, 0.1) is 16.5 Å². The molecule has 1 aliphatic rings. The van der Waals surface area contributed by atoms with E-state index in [1.807, 2.05) is 24.3 Å². The first-order valence-corrected chi connectivity index (χ1v) is 9.25. The number of rotatable bonds is 3. The van der Waals surface area contributed by atoms with Gasteiger partial charge in [-0.15, -0.1) is 0 Å². The van der Waals surface area contributed by atoms with Crippen molar-refractivity contribution in [3.63, 3.8) is 0 Å². The quantitative estimate of drug-likeness (QED) is 0.763. The van der Waals surface area contributed by atoms with Crippen molar-refractivity contribution in [3.8, 4) is 5.75 Å². The molecule has 0 fully saturated rings. The maximum absolute atomic E-state index is 12.7. The van der Waals surface area contributed by atoms with Crippen LogP contribution in [0.3, 0.4) is 0 Å². The summed E-state index contributed by atoms with van der Waals surface area (Å²) in [7, 11) is -2.19. The monoisotopic (exact) mass is 360 g/mol. The van der Waals surface area contributed by atoms with Crippen molar-refractivity contribution >= 4 is 21.1 Å². The zero-order valence-corrected chi connectivity index (χ0v) is 14.2. The zero-order valence-electron chi connectivity index (χ0n) is 13.4. The fraction of sp³-hybridized carbons (Fsp3) is 0.235. The molecular weight excluding hydrogens is 344 g/mol. The van der Waals surface area contributed by atoms with Crippen LogP contribution in [0.4, 0.5) is 0 Å². The van der Waals surface area contributed by atoms with E-state index in [1.165, 1.54) is 16.7 Å². The first kappa shape index (κ1) is 15.9. The molecule has 25 heavy (non-hydrogen) atoms. The molecule has 0 spiro atoms. The molecule has 0 amide bonds. The number of fused-ring (bicyclic) bond motifs is 2. The van der Waals surface area contributed by atoms with Crippen molar-refractivity contribution < 1.29 is 17.6 Å². The van der Waals surface area contributed by atoms with E-state index in [1.54, 1.807) is 13.1 Å². The van der Waals surface area contributed by atoms with E-state index in [4.69, 9.17) is 9.15 Å². The molecule has 1 aromatic heterocycles. The molecule has 8 heteroatoms. The maximum atomic E-state index is 12.7. The van der Waals surface area contributed by atoms with E-state index in [-0.39, 0.29) is 23.1 Å². The Balaban J connectivity index is 1.61. The van der Waals surface area contributed by atoms with Crippen LogP contribution in [0.25, 0.3) is 11.1 Å². The normalized spacial score (nSPS) is 17.2. The van der Waals surface area contributed by atoms with Crippen molar-refractivity contribution in [2.24, 2.45) is 7.05 Å². The van der Waals surface area contributed by atoms with Crippen LogP contribution in [0.15, 0.2) is 56.6 Å². The third-order valence-corrected chi connectivity index (χ3v) is 5.79. The second-order valence-corrected chi connectivity index (χ2v) is 7.71. The van der Waals surface area contributed by atoms with Gasteiger partial charge in [-0.1, -0.05) is 18.2 Å². The summed E-state index contributed by atoms with van der Waals surface area (Å²) in [5.74, 6) is 0.250. The fourth-order valence-electron chi connectivity index (χ4n) is 2.97. The lowest BCUT2D eigenvalue weighted by atomic mass is 10.0. The average molecular weight is 360 g/mol. The number of benzene rings is 2. The fourth-order valence-corrected chi connectivity index (χ4v) is 4.21. The van der Waals surface area contributed by atoms with Gasteiger partial charge in [-0.25, -0.2) is 17.9 Å². The molecule has 0 saturated carbocycles. The number of hydrogen-bond acceptors (Lipinski definition) is 5. The van der Waals surface area contributed by atoms with Crippen LogP contribution in [-0.4, -0.2) is 25.6 Å². The summed E-state index contributed by atoms with van der Waals surface area (Å²) < 4.78 is 40.0. The summed E-state index contributed by atoms with van der Waals surface area (Å²) >= 11 is 0. The van der Waals surface area contributed by atoms with E-state index < -0.39 is 15.8 Å². The molecule has 1 aliphatic heterocycles. The Bertz CT molecular complexity index is 1110. The second kappa shape index (κ2) is 5.75. The number of hydrogen-bond donors (Lipinski definition) is 1. The van der Waals surface area contributed by atoms with Crippen molar-refractivity contribution in [2.45, 2.75) is 17.4 Å². The summed E-state index contributed by atoms with van der Waals surface area (Å²) in [4.78, 5) is 11.6. The number of ether oxygens (including phenoxy) is 1. The molecule has 4 rings (SSSR count). The zero-order chi connectivity index (χ0) is 17.6. The minimum absolute atomic E-state index is 0.0493. The van der Waals surface area contributed by atoms with Gasteiger partial charge >= 0.3 is 5.76 Å². The number of nitrogens with one attached hydrogen (secondary N) is 1. The van der Waals surface area contributed by atoms with E-state index in [0.717, 1.165) is 11.3 Å². The van der Waals surface area contributed by atoms with Gasteiger partial charge in [0, 0.05) is 13.1 Å². The highest BCUT2D eigenvalue weighted by atomic mass is 32.2. The Hall–Kier alpha value is -2.58. The third kappa shape index (κ3) is 2.83. The summed E-state index contributed by atoms with van der Waals surface area (Å²) in [5.41, 5.74) is 1.74. The van der Waals surface area contributed by atoms with Crippen LogP contribution in [0.2, 0.25) is 0 Å². The molecule has 0 unspecified atom stereocenters. The highest BCUT2D eigenvalue weighted by Crippen LogP contribution is 2.25. The number of aryl methyl sites for hydroxylation is 1. The van der Waals surface area contributed by atoms with Crippen molar-refractivity contribution in [1.29, 1.82) is 0 Å². The number of oxazole rings is 1. The van der Waals surface area contributed by atoms with Crippen LogP contribution < -0.4 is 15.2 Å². The summed E-state index contributed by atoms with van der Waals surface area (Å²) in [6.45, 7) is 0.263. The number of para-hydroxylation sites is 1. The van der Waals surface area contributed by atoms with Crippen LogP contribution in [0.5, 0.6) is 5.75 Å². The first-order chi connectivity index (χ1) is 11.9. The van der Waals surface area contributed by atoms with Gasteiger partial charge < -0.3 is 9.15 Å². The summed E-state index contributed by atoms with van der Waals surface area (Å²) in [6, 6.07) is 11.6. The molecule has 2 heterocycles. The Labute approximate surface area is 143 Å². The Morgan fingerprint density at radius 2 is 2.00 bits per heavy atom. The molecule has 1 atom stereocenters. The third-order valence-electron chi connectivity index (χ3n) is 4.27. The molecule has 0 bridgehead atoms. The standard InChI is InChI=1S/C17H16N2O5S/c1-19-14-7-6-13(9-16(14)24-17(19)20)25(21,22)18-12-8-11-4-2-3-5-15(11)23-10-12/h2-7,9,12,18H,8,10H2,1H3/t12-/m0/s1. The molecule has 1 N–H and O–H groups in total. The lowest BCUT2D eigenvalue weighted by Crippen LogP contribution is -2.42. The topological polar surface area (TPSA) is 90.5 Å². The van der Waals surface area contributed by atoms with Crippen LogP contribution >= 0.6 is 0 Å². The largest absolute Gasteiger partial charge is 0.492 e. The Morgan fingerprint density at radius 1 is 1.20 bits per heavy atom. The van der Waals surface area contributed by atoms with Gasteiger partial charge in [0.15, 0.2) is 5.58 Å². The SMILES string of the molecule is Cn1c(=O)oc2cc(S(=O)(=O)N[C@@H]3COc4ccccc4C3)ccc21. The van der Waals surface area contributed by atoms with Crippen molar-refractivity contribution in [3.05, 3.63) is 58.6 Å². The first-order valence-electron chi connectivity index (χ1n) is 7.77. The minimum atomic E-state index is -3.76. The van der Waals surface area contributed by atoms with Gasteiger partial charge in [-0.05, 0) is 30.2 Å². The number of sulfonamides is 1. The van der Waals surface area contributed by atoms with E-state index in [9.17, 15) is 13.2 Å². The molecule has 130 valence electrons. The van der Waals surface area contributed by atoms with Crippen LogP contribution in [0, 0.1) is 0 Å². The van der Waals surface area contributed by atoms with E-state index >= 15 is 0 Å². The lowest BCUT2D eigenvalue weighted by Gasteiger charge is -2.25. The highest BCUT2D eigenvalue weighted by Gasteiger charge is 2.25. The molecule has 3 aromatic rings. The molecule has 0 aliphatic carbocycles. The van der Waals surface area contributed by atoms with Gasteiger partial charge in [-0.3, -0.25) is 4.57 Å². The lowest BCUT2D eigenvalue weighted by molar-refractivity contribution is 0.254. The van der Waals surface area contributed by atoms with Gasteiger partial charge in [-0.2, -0.15) is 0 Å². The Kier molecular flexibility index (Phi) is 3.66. The van der Waals surface area contributed by atoms with Crippen LogP contribution in [-0.2, 0) is 23.5 Å². The molecule has 7 nitrogen and oxygen atoms in total. The van der Waals surface area contributed by atoms with Crippen molar-refractivity contribution in [1.82, 2.24) is 9.29 Å². The minimum Gasteiger partial charge on any atom is -0.492 e. The number of nitrogens with zero attached hydrogens (tertiary/aromatic N) is 1. The summed E-state index contributed by atoms with van der Waals surface area (Å²) in [6.07, 6.45) is 0.554. The summed E-state index contributed by atoms with van der Waals surface area (Å²) in [5, 5.41) is 0. The van der Waals surface area contributed by atoms with Gasteiger partial charge in [0.1, 0.15) is 12.4 Å². The molecule has 0 saturated heterocycles. The molecule has 0 radical (unpaired) electrons. The van der Waals surface area contributed by atoms with Crippen LogP contribution in [0.1, 0.15) is 5.56 Å². The smallest absolute Gasteiger partial charge is 0.419 e. The average Bonchev–Trinajstić information content (AvgIpc) is 2.88. The van der Waals surface area contributed by atoms with E-state index in [0.29, 0.717) is 11.9 Å². The van der Waals surface area contributed by atoms with E-state index in [2.05, 4.69) is 4.72 Å². The second-order valence-electron chi connectivity index (χ2n) is 6.00. The maximum Gasteiger partial charge on any atom is 0.419 e. The number of aromatic nitrogens is 1. The molecular formula is C17H16N2O5S. The predicted molar refractivity (Wildman–Crippen MR) is 91.2 cm³/mol. The van der Waals surface area contributed by atoms with Gasteiger partial charge in [0.2, 0.25) is 10.0 Å². The molecule has 2 aromatic carbocycles. The highest BCUT2D eigenvalue weighted by molar-refractivity contribution is 7.89. The van der Waals surface area contributed by atoms with Crippen molar-refractivity contribution in [2.75, 3.05) is 6.61 Å². The van der Waals surface area contributed by atoms with Gasteiger partial charge in [0.25, 0.3) is 0 Å². The predicted octanol–water partition coefficient (Wildman–Crippen LogP) is 1.41.